The monoisotopic (exact) mass is 418 g/mol. The van der Waals surface area contributed by atoms with E-state index >= 15 is 0 Å². The molecular formula is C22H18N4O3S. The van der Waals surface area contributed by atoms with E-state index in [0.29, 0.717) is 12.1 Å². The molecule has 0 bridgehead atoms. The van der Waals surface area contributed by atoms with Gasteiger partial charge in [-0.15, -0.1) is 0 Å². The molecule has 0 spiro atoms. The molecular weight excluding hydrogens is 400 g/mol. The molecule has 3 aromatic carbocycles. The van der Waals surface area contributed by atoms with Crippen LogP contribution < -0.4 is 9.32 Å². The van der Waals surface area contributed by atoms with E-state index < -0.39 is 10.3 Å². The molecule has 30 heavy (non-hydrogen) atoms. The number of hydrogen-bond acceptors (Lipinski definition) is 5. The van der Waals surface area contributed by atoms with Crippen molar-refractivity contribution in [2.45, 2.75) is 13.5 Å². The third kappa shape index (κ3) is 4.03. The zero-order valence-electron chi connectivity index (χ0n) is 16.1. The molecule has 0 fully saturated rings. The predicted octanol–water partition coefficient (Wildman–Crippen LogP) is 3.51. The highest BCUT2D eigenvalue weighted by Crippen LogP contribution is 2.28. The average Bonchev–Trinajstić information content (AvgIpc) is 3.02. The lowest BCUT2D eigenvalue weighted by Crippen LogP contribution is -2.18. The molecule has 7 nitrogen and oxygen atoms in total. The normalized spacial score (nSPS) is 11.4. The molecule has 0 saturated heterocycles. The number of aryl methyl sites for hydroxylation is 1. The van der Waals surface area contributed by atoms with Gasteiger partial charge < -0.3 is 8.75 Å². The van der Waals surface area contributed by atoms with E-state index in [1.54, 1.807) is 18.2 Å². The molecule has 150 valence electrons. The molecule has 0 aliphatic heterocycles. The fraction of sp³-hybridized carbons (Fsp3) is 0.0909. The predicted molar refractivity (Wildman–Crippen MR) is 114 cm³/mol. The number of aromatic nitrogens is 2. The van der Waals surface area contributed by atoms with E-state index in [0.717, 1.165) is 33.5 Å². The average molecular weight is 418 g/mol. The quantitative estimate of drug-likeness (QED) is 0.533. The number of rotatable bonds is 5. The number of nitriles is 1. The van der Waals surface area contributed by atoms with E-state index in [1.807, 2.05) is 43.3 Å². The second-order valence-corrected chi connectivity index (χ2v) is 7.98. The van der Waals surface area contributed by atoms with Crippen molar-refractivity contribution in [1.29, 1.82) is 5.26 Å². The van der Waals surface area contributed by atoms with Crippen LogP contribution in [0, 0.1) is 18.3 Å². The first-order valence-corrected chi connectivity index (χ1v) is 10.6. The Bertz CT molecular complexity index is 1380. The van der Waals surface area contributed by atoms with Gasteiger partial charge in [0.05, 0.1) is 22.7 Å². The Morgan fingerprint density at radius 2 is 1.83 bits per heavy atom. The second-order valence-electron chi connectivity index (χ2n) is 6.83. The van der Waals surface area contributed by atoms with E-state index in [2.05, 4.69) is 19.8 Å². The van der Waals surface area contributed by atoms with Crippen molar-refractivity contribution >= 4 is 21.3 Å². The SMILES string of the molecule is Cc1nc2ccccc2n1Cc1ccc(C#N)c(-c2ccc(OS(N)(=O)=O)cc2)c1. The van der Waals surface area contributed by atoms with Crippen LogP contribution in [0.4, 0.5) is 0 Å². The van der Waals surface area contributed by atoms with Crippen molar-refractivity contribution in [2.24, 2.45) is 5.14 Å². The van der Waals surface area contributed by atoms with Gasteiger partial charge in [-0.25, -0.2) is 4.98 Å². The van der Waals surface area contributed by atoms with Crippen molar-refractivity contribution in [2.75, 3.05) is 0 Å². The van der Waals surface area contributed by atoms with E-state index in [4.69, 9.17) is 5.14 Å². The van der Waals surface area contributed by atoms with Crippen LogP contribution >= 0.6 is 0 Å². The lowest BCUT2D eigenvalue weighted by Gasteiger charge is -2.11. The molecule has 0 aliphatic carbocycles. The first-order chi connectivity index (χ1) is 14.3. The largest absolute Gasteiger partial charge is 0.380 e. The summed E-state index contributed by atoms with van der Waals surface area (Å²) >= 11 is 0. The topological polar surface area (TPSA) is 111 Å². The van der Waals surface area contributed by atoms with Gasteiger partial charge in [-0.2, -0.15) is 18.8 Å². The van der Waals surface area contributed by atoms with Crippen LogP contribution in [0.5, 0.6) is 5.75 Å². The Balaban J connectivity index is 1.70. The Labute approximate surface area is 174 Å². The van der Waals surface area contributed by atoms with Crippen LogP contribution in [0.2, 0.25) is 0 Å². The summed E-state index contributed by atoms with van der Waals surface area (Å²) in [5.41, 5.74) is 5.03. The van der Waals surface area contributed by atoms with E-state index in [-0.39, 0.29) is 5.75 Å². The zero-order chi connectivity index (χ0) is 21.3. The molecule has 1 aromatic heterocycles. The molecule has 0 radical (unpaired) electrons. The van der Waals surface area contributed by atoms with Gasteiger partial charge in [0.15, 0.2) is 0 Å². The highest BCUT2D eigenvalue weighted by Gasteiger charge is 2.11. The number of fused-ring (bicyclic) bond motifs is 1. The zero-order valence-corrected chi connectivity index (χ0v) is 16.9. The minimum absolute atomic E-state index is 0.108. The maximum atomic E-state index is 11.1. The van der Waals surface area contributed by atoms with E-state index in [1.165, 1.54) is 12.1 Å². The lowest BCUT2D eigenvalue weighted by molar-refractivity contribution is 0.488. The van der Waals surface area contributed by atoms with Crippen LogP contribution in [0.1, 0.15) is 17.0 Å². The number of nitrogens with zero attached hydrogens (tertiary/aromatic N) is 3. The van der Waals surface area contributed by atoms with Gasteiger partial charge in [-0.3, -0.25) is 0 Å². The van der Waals surface area contributed by atoms with Crippen LogP contribution in [0.25, 0.3) is 22.2 Å². The van der Waals surface area contributed by atoms with Crippen LogP contribution in [0.15, 0.2) is 66.7 Å². The van der Waals surface area contributed by atoms with Crippen molar-refractivity contribution in [3.05, 3.63) is 83.7 Å². The number of hydrogen-bond donors (Lipinski definition) is 1. The first-order valence-electron chi connectivity index (χ1n) is 9.11. The fourth-order valence-electron chi connectivity index (χ4n) is 3.43. The molecule has 0 aliphatic rings. The van der Waals surface area contributed by atoms with Gasteiger partial charge in [-0.05, 0) is 60.0 Å². The molecule has 8 heteroatoms. The maximum absolute atomic E-state index is 11.1. The minimum atomic E-state index is -4.09. The van der Waals surface area contributed by atoms with Gasteiger partial charge in [0.2, 0.25) is 0 Å². The number of benzene rings is 3. The summed E-state index contributed by atoms with van der Waals surface area (Å²) in [5.74, 6) is 1.02. The standard InChI is InChI=1S/C22H18N4O3S/c1-15-25-21-4-2-3-5-22(21)26(15)14-16-6-7-18(13-23)20(12-16)17-8-10-19(11-9-17)29-30(24,27)28/h2-12H,14H2,1H3,(H2,24,27,28). The first kappa shape index (κ1) is 19.6. The van der Waals surface area contributed by atoms with E-state index in [9.17, 15) is 13.7 Å². The summed E-state index contributed by atoms with van der Waals surface area (Å²) in [6.07, 6.45) is 0. The summed E-state index contributed by atoms with van der Waals surface area (Å²) in [5, 5.41) is 14.4. The van der Waals surface area contributed by atoms with Crippen LogP contribution in [0.3, 0.4) is 0 Å². The third-order valence-electron chi connectivity index (χ3n) is 4.77. The summed E-state index contributed by atoms with van der Waals surface area (Å²) in [7, 11) is -4.09. The van der Waals surface area contributed by atoms with Crippen LogP contribution in [-0.4, -0.2) is 18.0 Å². The summed E-state index contributed by atoms with van der Waals surface area (Å²) < 4.78 is 29.0. The van der Waals surface area contributed by atoms with Gasteiger partial charge >= 0.3 is 10.3 Å². The molecule has 1 heterocycles. The number of para-hydroxylation sites is 2. The van der Waals surface area contributed by atoms with Gasteiger partial charge in [0, 0.05) is 6.54 Å². The van der Waals surface area contributed by atoms with Gasteiger partial charge in [0.25, 0.3) is 0 Å². The molecule has 4 rings (SSSR count). The Hall–Kier alpha value is -3.67. The summed E-state index contributed by atoms with van der Waals surface area (Å²) in [4.78, 5) is 4.60. The summed E-state index contributed by atoms with van der Waals surface area (Å²) in [6, 6.07) is 22.2. The van der Waals surface area contributed by atoms with Crippen molar-refractivity contribution in [3.63, 3.8) is 0 Å². The van der Waals surface area contributed by atoms with Crippen molar-refractivity contribution < 1.29 is 12.6 Å². The number of imidazole rings is 1. The molecule has 4 aromatic rings. The van der Waals surface area contributed by atoms with Crippen molar-refractivity contribution in [1.82, 2.24) is 9.55 Å². The Morgan fingerprint density at radius 1 is 1.10 bits per heavy atom. The molecule has 2 N–H and O–H groups in total. The van der Waals surface area contributed by atoms with Crippen LogP contribution in [-0.2, 0) is 16.8 Å². The molecule has 0 amide bonds. The third-order valence-corrected chi connectivity index (χ3v) is 5.19. The minimum Gasteiger partial charge on any atom is -0.371 e. The molecule has 0 unspecified atom stereocenters. The highest BCUT2D eigenvalue weighted by molar-refractivity contribution is 7.84. The molecule has 0 atom stereocenters. The number of nitrogens with two attached hydrogens (primary N) is 1. The Kier molecular flexibility index (Phi) is 4.99. The van der Waals surface area contributed by atoms with Gasteiger partial charge in [0.1, 0.15) is 11.6 Å². The lowest BCUT2D eigenvalue weighted by atomic mass is 9.97. The second kappa shape index (κ2) is 7.63. The summed E-state index contributed by atoms with van der Waals surface area (Å²) in [6.45, 7) is 2.58. The maximum Gasteiger partial charge on any atom is 0.380 e. The Morgan fingerprint density at radius 3 is 2.53 bits per heavy atom. The smallest absolute Gasteiger partial charge is 0.371 e. The fourth-order valence-corrected chi connectivity index (χ4v) is 3.81. The highest BCUT2D eigenvalue weighted by atomic mass is 32.2. The molecule has 0 saturated carbocycles. The van der Waals surface area contributed by atoms with Gasteiger partial charge in [-0.1, -0.05) is 30.3 Å². The van der Waals surface area contributed by atoms with Crippen molar-refractivity contribution in [3.8, 4) is 22.9 Å².